The molecule has 0 amide bonds. The second-order valence-corrected chi connectivity index (χ2v) is 5.61. The molecule has 94 valence electrons. The number of alkyl halides is 1. The Morgan fingerprint density at radius 1 is 1.29 bits per heavy atom. The van der Waals surface area contributed by atoms with E-state index in [-0.39, 0.29) is 5.38 Å². The summed E-state index contributed by atoms with van der Waals surface area (Å²) in [4.78, 5) is 11.2. The van der Waals surface area contributed by atoms with Gasteiger partial charge in [-0.15, -0.1) is 11.6 Å². The van der Waals surface area contributed by atoms with Crippen LogP contribution in [0.3, 0.4) is 0 Å². The summed E-state index contributed by atoms with van der Waals surface area (Å²) < 4.78 is 0. The molecule has 0 spiro atoms. The fraction of sp³-hybridized carbons (Fsp3) is 0.692. The highest BCUT2D eigenvalue weighted by molar-refractivity contribution is 6.20. The standard InChI is InChI=1S/C13H20ClN3/c1-9-8-13(16-11(3)15-9)17-6-4-12(5-7-17)10(2)14/h8,10,12H,4-7H2,1-3H3. The first-order valence-electron chi connectivity index (χ1n) is 6.27. The van der Waals surface area contributed by atoms with Gasteiger partial charge in [-0.3, -0.25) is 0 Å². The number of halogens is 1. The van der Waals surface area contributed by atoms with Crippen molar-refractivity contribution in [3.63, 3.8) is 0 Å². The van der Waals surface area contributed by atoms with Crippen LogP contribution in [-0.4, -0.2) is 28.4 Å². The van der Waals surface area contributed by atoms with Crippen molar-refractivity contribution in [2.45, 2.75) is 39.0 Å². The number of hydrogen-bond donors (Lipinski definition) is 0. The predicted octanol–water partition coefficient (Wildman–Crippen LogP) is 2.94. The molecule has 0 aliphatic carbocycles. The maximum Gasteiger partial charge on any atom is 0.132 e. The first-order valence-corrected chi connectivity index (χ1v) is 6.71. The Bertz CT molecular complexity index is 364. The average molecular weight is 254 g/mol. The molecule has 3 nitrogen and oxygen atoms in total. The molecule has 1 aliphatic heterocycles. The second kappa shape index (κ2) is 5.21. The van der Waals surface area contributed by atoms with Gasteiger partial charge in [-0.2, -0.15) is 0 Å². The molecular weight excluding hydrogens is 234 g/mol. The van der Waals surface area contributed by atoms with Crippen molar-refractivity contribution in [2.24, 2.45) is 5.92 Å². The van der Waals surface area contributed by atoms with E-state index in [0.717, 1.165) is 43.3 Å². The van der Waals surface area contributed by atoms with Crippen LogP contribution in [0.1, 0.15) is 31.3 Å². The summed E-state index contributed by atoms with van der Waals surface area (Å²) in [6.45, 7) is 8.17. The molecule has 0 bridgehead atoms. The van der Waals surface area contributed by atoms with Crippen molar-refractivity contribution in [1.29, 1.82) is 0 Å². The van der Waals surface area contributed by atoms with Crippen molar-refractivity contribution in [3.05, 3.63) is 17.6 Å². The van der Waals surface area contributed by atoms with E-state index < -0.39 is 0 Å². The van der Waals surface area contributed by atoms with Gasteiger partial charge in [0.15, 0.2) is 0 Å². The van der Waals surface area contributed by atoms with E-state index in [1.54, 1.807) is 0 Å². The monoisotopic (exact) mass is 253 g/mol. The topological polar surface area (TPSA) is 29.0 Å². The van der Waals surface area contributed by atoms with Gasteiger partial charge in [0.1, 0.15) is 11.6 Å². The second-order valence-electron chi connectivity index (χ2n) is 4.92. The normalized spacial score (nSPS) is 19.4. The summed E-state index contributed by atoms with van der Waals surface area (Å²) in [5.41, 5.74) is 1.04. The first-order chi connectivity index (χ1) is 8.06. The van der Waals surface area contributed by atoms with Crippen molar-refractivity contribution < 1.29 is 0 Å². The molecule has 1 aromatic heterocycles. The Labute approximate surface area is 108 Å². The highest BCUT2D eigenvalue weighted by Crippen LogP contribution is 2.26. The number of rotatable bonds is 2. The molecule has 0 saturated carbocycles. The largest absolute Gasteiger partial charge is 0.356 e. The van der Waals surface area contributed by atoms with Crippen LogP contribution in [0.2, 0.25) is 0 Å². The fourth-order valence-electron chi connectivity index (χ4n) is 2.45. The Hall–Kier alpha value is -0.830. The van der Waals surface area contributed by atoms with Gasteiger partial charge in [0.05, 0.1) is 0 Å². The Morgan fingerprint density at radius 3 is 2.47 bits per heavy atom. The zero-order valence-corrected chi connectivity index (χ0v) is 11.5. The van der Waals surface area contributed by atoms with Crippen LogP contribution in [0.5, 0.6) is 0 Å². The van der Waals surface area contributed by atoms with Crippen molar-refractivity contribution in [3.8, 4) is 0 Å². The molecule has 2 heterocycles. The highest BCUT2D eigenvalue weighted by atomic mass is 35.5. The number of aromatic nitrogens is 2. The van der Waals surface area contributed by atoms with E-state index in [0.29, 0.717) is 5.92 Å². The van der Waals surface area contributed by atoms with Crippen LogP contribution in [0.15, 0.2) is 6.07 Å². The molecule has 17 heavy (non-hydrogen) atoms. The number of anilines is 1. The molecule has 1 fully saturated rings. The zero-order chi connectivity index (χ0) is 12.4. The summed E-state index contributed by atoms with van der Waals surface area (Å²) in [7, 11) is 0. The fourth-order valence-corrected chi connectivity index (χ4v) is 2.70. The Kier molecular flexibility index (Phi) is 3.87. The van der Waals surface area contributed by atoms with Crippen LogP contribution in [0.4, 0.5) is 5.82 Å². The minimum atomic E-state index is 0.283. The lowest BCUT2D eigenvalue weighted by Crippen LogP contribution is -2.36. The van der Waals surface area contributed by atoms with E-state index in [1.807, 2.05) is 13.8 Å². The number of nitrogens with zero attached hydrogens (tertiary/aromatic N) is 3. The minimum Gasteiger partial charge on any atom is -0.356 e. The number of aryl methyl sites for hydroxylation is 2. The molecule has 0 aromatic carbocycles. The smallest absolute Gasteiger partial charge is 0.132 e. The van der Waals surface area contributed by atoms with E-state index in [9.17, 15) is 0 Å². The van der Waals surface area contributed by atoms with E-state index in [1.165, 1.54) is 0 Å². The van der Waals surface area contributed by atoms with E-state index in [2.05, 4.69) is 27.9 Å². The number of piperidine rings is 1. The third kappa shape index (κ3) is 3.09. The van der Waals surface area contributed by atoms with Gasteiger partial charge < -0.3 is 4.90 Å². The van der Waals surface area contributed by atoms with Gasteiger partial charge in [0, 0.05) is 30.2 Å². The molecule has 4 heteroatoms. The molecule has 0 N–H and O–H groups in total. The quantitative estimate of drug-likeness (QED) is 0.759. The molecule has 1 aliphatic rings. The van der Waals surface area contributed by atoms with Gasteiger partial charge >= 0.3 is 0 Å². The molecule has 0 radical (unpaired) electrons. The lowest BCUT2D eigenvalue weighted by Gasteiger charge is -2.34. The number of hydrogen-bond acceptors (Lipinski definition) is 3. The van der Waals surface area contributed by atoms with Crippen molar-refractivity contribution in [2.75, 3.05) is 18.0 Å². The van der Waals surface area contributed by atoms with E-state index >= 15 is 0 Å². The van der Waals surface area contributed by atoms with Crippen LogP contribution in [0.25, 0.3) is 0 Å². The molecule has 1 atom stereocenters. The molecular formula is C13H20ClN3. The summed E-state index contributed by atoms with van der Waals surface area (Å²) in [6.07, 6.45) is 2.32. The Balaban J connectivity index is 2.05. The van der Waals surface area contributed by atoms with Gasteiger partial charge in [0.2, 0.25) is 0 Å². The predicted molar refractivity (Wildman–Crippen MR) is 71.8 cm³/mol. The summed E-state index contributed by atoms with van der Waals surface area (Å²) in [5, 5.41) is 0.283. The van der Waals surface area contributed by atoms with Gasteiger partial charge in [-0.1, -0.05) is 0 Å². The van der Waals surface area contributed by atoms with E-state index in [4.69, 9.17) is 11.6 Å². The van der Waals surface area contributed by atoms with Crippen molar-refractivity contribution >= 4 is 17.4 Å². The van der Waals surface area contributed by atoms with Gasteiger partial charge in [-0.05, 0) is 39.5 Å². The lowest BCUT2D eigenvalue weighted by molar-refractivity contribution is 0.398. The van der Waals surface area contributed by atoms with Crippen LogP contribution in [0, 0.1) is 19.8 Å². The maximum atomic E-state index is 6.16. The van der Waals surface area contributed by atoms with Gasteiger partial charge in [-0.25, -0.2) is 9.97 Å². The Morgan fingerprint density at radius 2 is 1.94 bits per heavy atom. The maximum absolute atomic E-state index is 6.16. The molecule has 2 rings (SSSR count). The van der Waals surface area contributed by atoms with Gasteiger partial charge in [0.25, 0.3) is 0 Å². The van der Waals surface area contributed by atoms with Crippen LogP contribution in [-0.2, 0) is 0 Å². The zero-order valence-electron chi connectivity index (χ0n) is 10.8. The summed E-state index contributed by atoms with van der Waals surface area (Å²) >= 11 is 6.16. The minimum absolute atomic E-state index is 0.283. The summed E-state index contributed by atoms with van der Waals surface area (Å²) in [5.74, 6) is 2.57. The van der Waals surface area contributed by atoms with Crippen LogP contribution >= 0.6 is 11.6 Å². The molecule has 1 aromatic rings. The lowest BCUT2D eigenvalue weighted by atomic mass is 9.94. The molecule has 1 unspecified atom stereocenters. The first kappa shape index (κ1) is 12.6. The highest BCUT2D eigenvalue weighted by Gasteiger charge is 2.23. The SMILES string of the molecule is Cc1cc(N2CCC(C(C)Cl)CC2)nc(C)n1. The third-order valence-electron chi connectivity index (χ3n) is 3.47. The van der Waals surface area contributed by atoms with Crippen molar-refractivity contribution in [1.82, 2.24) is 9.97 Å². The van der Waals surface area contributed by atoms with Crippen LogP contribution < -0.4 is 4.90 Å². The average Bonchev–Trinajstić information content (AvgIpc) is 2.28. The molecule has 1 saturated heterocycles. The summed E-state index contributed by atoms with van der Waals surface area (Å²) in [6, 6.07) is 2.07. The third-order valence-corrected chi connectivity index (χ3v) is 3.82.